The standard InChI is InChI=1S/C21H21Cl2N3O2S2/c22-17-2-1-14(9-18(17)23)11-26-6-7-28-15(12-26)10-25-20(27)13-30-21-16-4-8-29-19(16)3-5-24-21/h1-5,8-9,15H,6-7,10-13H2,(H,25,27)/t15-/m0/s1. The molecule has 4 rings (SSSR count). The molecule has 2 aromatic heterocycles. The van der Waals surface area contributed by atoms with Crippen molar-refractivity contribution in [1.29, 1.82) is 0 Å². The number of fused-ring (bicyclic) bond motifs is 1. The number of nitrogens with zero attached hydrogens (tertiary/aromatic N) is 2. The molecular formula is C21H21Cl2N3O2S2. The maximum Gasteiger partial charge on any atom is 0.230 e. The number of halogens is 2. The van der Waals surface area contributed by atoms with Crippen molar-refractivity contribution in [3.63, 3.8) is 0 Å². The van der Waals surface area contributed by atoms with Gasteiger partial charge in [0.1, 0.15) is 5.03 Å². The molecule has 3 aromatic rings. The maximum atomic E-state index is 12.3. The molecular weight excluding hydrogens is 461 g/mol. The lowest BCUT2D eigenvalue weighted by atomic mass is 10.2. The highest BCUT2D eigenvalue weighted by Crippen LogP contribution is 2.29. The largest absolute Gasteiger partial charge is 0.374 e. The van der Waals surface area contributed by atoms with Gasteiger partial charge < -0.3 is 10.1 Å². The van der Waals surface area contributed by atoms with Crippen molar-refractivity contribution < 1.29 is 9.53 Å². The number of hydrogen-bond donors (Lipinski definition) is 1. The van der Waals surface area contributed by atoms with Crippen LogP contribution in [-0.2, 0) is 16.1 Å². The molecule has 0 radical (unpaired) electrons. The minimum atomic E-state index is -0.0334. The van der Waals surface area contributed by atoms with E-state index in [-0.39, 0.29) is 12.0 Å². The molecule has 0 unspecified atom stereocenters. The molecule has 158 valence electrons. The molecule has 1 aliphatic heterocycles. The Bertz CT molecular complexity index is 1030. The van der Waals surface area contributed by atoms with E-state index in [0.29, 0.717) is 28.9 Å². The van der Waals surface area contributed by atoms with Crippen molar-refractivity contribution in [2.24, 2.45) is 0 Å². The fourth-order valence-electron chi connectivity index (χ4n) is 3.34. The molecule has 5 nitrogen and oxygen atoms in total. The van der Waals surface area contributed by atoms with E-state index in [0.717, 1.165) is 35.6 Å². The van der Waals surface area contributed by atoms with E-state index < -0.39 is 0 Å². The Morgan fingerprint density at radius 3 is 3.07 bits per heavy atom. The first kappa shape index (κ1) is 21.9. The van der Waals surface area contributed by atoms with Crippen LogP contribution in [0.2, 0.25) is 10.0 Å². The highest BCUT2D eigenvalue weighted by molar-refractivity contribution is 8.00. The molecule has 1 amide bonds. The lowest BCUT2D eigenvalue weighted by molar-refractivity contribution is -0.119. The molecule has 1 saturated heterocycles. The summed E-state index contributed by atoms with van der Waals surface area (Å²) in [4.78, 5) is 19.0. The zero-order valence-corrected chi connectivity index (χ0v) is 19.3. The summed E-state index contributed by atoms with van der Waals surface area (Å²) in [6, 6.07) is 9.75. The minimum Gasteiger partial charge on any atom is -0.374 e. The zero-order chi connectivity index (χ0) is 20.9. The first-order valence-electron chi connectivity index (χ1n) is 9.58. The number of benzene rings is 1. The van der Waals surface area contributed by atoms with Crippen LogP contribution in [0.4, 0.5) is 0 Å². The Morgan fingerprint density at radius 2 is 2.20 bits per heavy atom. The molecule has 3 heterocycles. The Morgan fingerprint density at radius 1 is 1.30 bits per heavy atom. The van der Waals surface area contributed by atoms with Gasteiger partial charge in [0.05, 0.1) is 28.5 Å². The van der Waals surface area contributed by atoms with E-state index in [1.165, 1.54) is 16.5 Å². The minimum absolute atomic E-state index is 0.0146. The van der Waals surface area contributed by atoms with Gasteiger partial charge in [0.15, 0.2) is 0 Å². The van der Waals surface area contributed by atoms with Crippen LogP contribution in [-0.4, -0.2) is 53.9 Å². The molecule has 9 heteroatoms. The molecule has 1 N–H and O–H groups in total. The Kier molecular flexibility index (Phi) is 7.51. The van der Waals surface area contributed by atoms with Crippen LogP contribution >= 0.6 is 46.3 Å². The molecule has 1 aliphatic rings. The van der Waals surface area contributed by atoms with E-state index >= 15 is 0 Å². The van der Waals surface area contributed by atoms with Gasteiger partial charge in [-0.1, -0.05) is 41.0 Å². The number of pyridine rings is 1. The van der Waals surface area contributed by atoms with E-state index in [2.05, 4.69) is 15.2 Å². The number of rotatable bonds is 7. The Labute approximate surface area is 193 Å². The Hall–Kier alpha value is -1.35. The van der Waals surface area contributed by atoms with E-state index in [4.69, 9.17) is 27.9 Å². The van der Waals surface area contributed by atoms with Crippen molar-refractivity contribution in [2.75, 3.05) is 32.0 Å². The van der Waals surface area contributed by atoms with Crippen molar-refractivity contribution in [2.45, 2.75) is 17.7 Å². The van der Waals surface area contributed by atoms with Crippen LogP contribution in [0.1, 0.15) is 5.56 Å². The lowest BCUT2D eigenvalue weighted by Gasteiger charge is -2.33. The van der Waals surface area contributed by atoms with Gasteiger partial charge in [0, 0.05) is 42.5 Å². The van der Waals surface area contributed by atoms with Gasteiger partial charge in [-0.15, -0.1) is 11.3 Å². The fourth-order valence-corrected chi connectivity index (χ4v) is 5.35. The van der Waals surface area contributed by atoms with Crippen LogP contribution in [0.5, 0.6) is 0 Å². The molecule has 0 spiro atoms. The SMILES string of the molecule is O=C(CSc1nccc2sccc12)NC[C@H]1CN(Cc2ccc(Cl)c(Cl)c2)CCO1. The summed E-state index contributed by atoms with van der Waals surface area (Å²) < 4.78 is 7.01. The van der Waals surface area contributed by atoms with Crippen molar-refractivity contribution >= 4 is 62.3 Å². The fraction of sp³-hybridized carbons (Fsp3) is 0.333. The number of carbonyl (C=O) groups excluding carboxylic acids is 1. The van der Waals surface area contributed by atoms with Crippen molar-refractivity contribution in [3.05, 3.63) is 57.5 Å². The van der Waals surface area contributed by atoms with Gasteiger partial charge in [-0.2, -0.15) is 0 Å². The van der Waals surface area contributed by atoms with Crippen LogP contribution in [0, 0.1) is 0 Å². The molecule has 0 bridgehead atoms. The normalized spacial score (nSPS) is 17.3. The van der Waals surface area contributed by atoms with Gasteiger partial charge in [-0.3, -0.25) is 9.69 Å². The molecule has 1 aromatic carbocycles. The monoisotopic (exact) mass is 481 g/mol. The lowest BCUT2D eigenvalue weighted by Crippen LogP contribution is -2.47. The molecule has 30 heavy (non-hydrogen) atoms. The second-order valence-corrected chi connectivity index (χ2v) is 9.74. The first-order valence-corrected chi connectivity index (χ1v) is 12.2. The van der Waals surface area contributed by atoms with Gasteiger partial charge in [-0.05, 0) is 35.2 Å². The number of thioether (sulfide) groups is 1. The van der Waals surface area contributed by atoms with Crippen molar-refractivity contribution in [3.8, 4) is 0 Å². The second kappa shape index (κ2) is 10.3. The summed E-state index contributed by atoms with van der Waals surface area (Å²) in [5.41, 5.74) is 1.11. The number of nitrogens with one attached hydrogen (secondary N) is 1. The third-order valence-corrected chi connectivity index (χ3v) is 7.45. The number of morpholine rings is 1. The van der Waals surface area contributed by atoms with E-state index in [9.17, 15) is 4.79 Å². The molecule has 1 fully saturated rings. The van der Waals surface area contributed by atoms with Gasteiger partial charge in [-0.25, -0.2) is 4.98 Å². The maximum absolute atomic E-state index is 12.3. The molecule has 0 saturated carbocycles. The summed E-state index contributed by atoms with van der Waals surface area (Å²) in [5, 5.41) is 8.16. The highest BCUT2D eigenvalue weighted by atomic mass is 35.5. The summed E-state index contributed by atoms with van der Waals surface area (Å²) in [5.74, 6) is 0.320. The average Bonchev–Trinajstić information content (AvgIpc) is 3.23. The second-order valence-electron chi connectivity index (χ2n) is 7.02. The summed E-state index contributed by atoms with van der Waals surface area (Å²) >= 11 is 15.3. The quantitative estimate of drug-likeness (QED) is 0.495. The number of amides is 1. The first-order chi connectivity index (χ1) is 14.6. The number of ether oxygens (including phenoxy) is 1. The van der Waals surface area contributed by atoms with Crippen LogP contribution in [0.15, 0.2) is 46.9 Å². The number of thiophene rings is 1. The Balaban J connectivity index is 1.23. The molecule has 0 aliphatic carbocycles. The molecule has 1 atom stereocenters. The topological polar surface area (TPSA) is 54.5 Å². The third kappa shape index (κ3) is 5.66. The van der Waals surface area contributed by atoms with E-state index in [1.54, 1.807) is 17.5 Å². The summed E-state index contributed by atoms with van der Waals surface area (Å²) in [6.45, 7) is 3.51. The predicted octanol–water partition coefficient (Wildman–Crippen LogP) is 4.71. The van der Waals surface area contributed by atoms with Gasteiger partial charge >= 0.3 is 0 Å². The highest BCUT2D eigenvalue weighted by Gasteiger charge is 2.21. The average molecular weight is 482 g/mol. The van der Waals surface area contributed by atoms with Crippen LogP contribution in [0.25, 0.3) is 10.1 Å². The van der Waals surface area contributed by atoms with Crippen molar-refractivity contribution in [1.82, 2.24) is 15.2 Å². The number of hydrogen-bond acceptors (Lipinski definition) is 6. The smallest absolute Gasteiger partial charge is 0.230 e. The zero-order valence-electron chi connectivity index (χ0n) is 16.1. The summed E-state index contributed by atoms with van der Waals surface area (Å²) in [7, 11) is 0. The number of aromatic nitrogens is 1. The third-order valence-electron chi connectivity index (χ3n) is 4.82. The van der Waals surface area contributed by atoms with Gasteiger partial charge in [0.2, 0.25) is 5.91 Å². The van der Waals surface area contributed by atoms with Gasteiger partial charge in [0.25, 0.3) is 0 Å². The summed E-state index contributed by atoms with van der Waals surface area (Å²) in [6.07, 6.45) is 1.76. The van der Waals surface area contributed by atoms with Crippen LogP contribution < -0.4 is 5.32 Å². The van der Waals surface area contributed by atoms with Crippen LogP contribution in [0.3, 0.4) is 0 Å². The predicted molar refractivity (Wildman–Crippen MR) is 125 cm³/mol. The van der Waals surface area contributed by atoms with E-state index in [1.807, 2.05) is 35.7 Å². The number of carbonyl (C=O) groups is 1.